The maximum absolute atomic E-state index is 9.28. The molecule has 2 heterocycles. The third-order valence-electron chi connectivity index (χ3n) is 2.27. The minimum absolute atomic E-state index is 0. The van der Waals surface area contributed by atoms with Crippen LogP contribution in [0.5, 0.6) is 17.2 Å². The number of aliphatic hydroxyl groups is 1. The zero-order valence-corrected chi connectivity index (χ0v) is 22.0. The summed E-state index contributed by atoms with van der Waals surface area (Å²) in [5, 5.41) is 50.7. The number of aromatic hydroxyl groups is 2. The van der Waals surface area contributed by atoms with Crippen LogP contribution in [0.15, 0.2) is 25.8 Å². The summed E-state index contributed by atoms with van der Waals surface area (Å²) in [6, 6.07) is 6.54. The van der Waals surface area contributed by atoms with E-state index in [1.807, 2.05) is 0 Å². The topological polar surface area (TPSA) is 166 Å². The normalized spacial score (nSPS) is 7.93. The van der Waals surface area contributed by atoms with Gasteiger partial charge in [0.1, 0.15) is 21.3 Å². The second-order valence-corrected chi connectivity index (χ2v) is 6.17. The maximum Gasteiger partial charge on any atom is 1.00 e. The SMILES string of the molecule is CO.COc1cc(Br)nc(C#N)c1O.C[O-].N#Cc1nc(Br)cc(Br)c1O.[Na+]. The molecule has 0 bridgehead atoms. The number of hydrogen-bond donors (Lipinski definition) is 3. The number of aromatic nitrogens is 2. The Morgan fingerprint density at radius 3 is 1.71 bits per heavy atom. The van der Waals surface area contributed by atoms with Gasteiger partial charge in [-0.15, -0.1) is 0 Å². The molecule has 2 aromatic heterocycles. The Bertz CT molecular complexity index is 829. The molecule has 0 aliphatic carbocycles. The van der Waals surface area contributed by atoms with Crippen molar-refractivity contribution in [3.05, 3.63) is 37.2 Å². The molecule has 0 aliphatic rings. The molecule has 0 saturated heterocycles. The third-order valence-corrected chi connectivity index (χ3v) is 3.69. The van der Waals surface area contributed by atoms with Crippen LogP contribution < -0.4 is 39.4 Å². The van der Waals surface area contributed by atoms with Crippen LogP contribution in [0.1, 0.15) is 11.4 Å². The number of rotatable bonds is 1. The summed E-state index contributed by atoms with van der Waals surface area (Å²) < 4.78 is 6.22. The number of hydrogen-bond acceptors (Lipinski definition) is 9. The summed E-state index contributed by atoms with van der Waals surface area (Å²) in [6.07, 6.45) is 0. The first-order chi connectivity index (χ1) is 12.8. The quantitative estimate of drug-likeness (QED) is 0.284. The average molecular weight is 593 g/mol. The third kappa shape index (κ3) is 10.5. The summed E-state index contributed by atoms with van der Waals surface area (Å²) >= 11 is 9.23. The summed E-state index contributed by atoms with van der Waals surface area (Å²) in [5.74, 6) is -0.132. The first-order valence-corrected chi connectivity index (χ1v) is 8.86. The Labute approximate surface area is 209 Å². The van der Waals surface area contributed by atoms with Crippen molar-refractivity contribution in [3.63, 3.8) is 0 Å². The van der Waals surface area contributed by atoms with Gasteiger partial charge in [-0.05, 0) is 53.9 Å². The molecular formula is C15H14Br3N4NaO5. The van der Waals surface area contributed by atoms with E-state index in [0.717, 1.165) is 14.2 Å². The van der Waals surface area contributed by atoms with E-state index in [1.165, 1.54) is 13.2 Å². The number of halogens is 3. The Hall–Kier alpha value is -0.960. The van der Waals surface area contributed by atoms with Gasteiger partial charge in [0.2, 0.25) is 0 Å². The van der Waals surface area contributed by atoms with E-state index in [4.69, 9.17) is 30.6 Å². The molecule has 0 aromatic carbocycles. The van der Waals surface area contributed by atoms with Crippen LogP contribution in [0.25, 0.3) is 0 Å². The predicted molar refractivity (Wildman–Crippen MR) is 105 cm³/mol. The van der Waals surface area contributed by atoms with Gasteiger partial charge in [0.25, 0.3) is 0 Å². The predicted octanol–water partition coefficient (Wildman–Crippen LogP) is -0.797. The van der Waals surface area contributed by atoms with E-state index >= 15 is 0 Å². The molecular weight excluding hydrogens is 579 g/mol. The van der Waals surface area contributed by atoms with Gasteiger partial charge in [-0.3, -0.25) is 0 Å². The van der Waals surface area contributed by atoms with Crippen molar-refractivity contribution in [1.82, 2.24) is 9.97 Å². The van der Waals surface area contributed by atoms with Crippen molar-refractivity contribution in [2.24, 2.45) is 0 Å². The number of methoxy groups -OCH3 is 1. The molecule has 0 atom stereocenters. The number of pyridine rings is 2. The van der Waals surface area contributed by atoms with E-state index in [2.05, 4.69) is 57.8 Å². The molecule has 0 unspecified atom stereocenters. The minimum Gasteiger partial charge on any atom is -0.857 e. The van der Waals surface area contributed by atoms with Crippen molar-refractivity contribution in [3.8, 4) is 29.4 Å². The van der Waals surface area contributed by atoms with Gasteiger partial charge in [-0.2, -0.15) is 17.6 Å². The van der Waals surface area contributed by atoms with Crippen LogP contribution in [-0.4, -0.2) is 46.6 Å². The minimum atomic E-state index is -0.233. The fourth-order valence-electron chi connectivity index (χ4n) is 1.27. The molecule has 0 aliphatic heterocycles. The molecule has 2 rings (SSSR count). The Kier molecular flexibility index (Phi) is 20.5. The van der Waals surface area contributed by atoms with Gasteiger partial charge in [0.05, 0.1) is 11.6 Å². The van der Waals surface area contributed by atoms with Gasteiger partial charge in [-0.1, -0.05) is 0 Å². The molecule has 3 N–H and O–H groups in total. The molecule has 146 valence electrons. The van der Waals surface area contributed by atoms with E-state index in [1.54, 1.807) is 18.2 Å². The molecule has 2 aromatic rings. The second-order valence-electron chi connectivity index (χ2n) is 3.69. The van der Waals surface area contributed by atoms with Crippen LogP contribution in [-0.2, 0) is 0 Å². The molecule has 0 saturated carbocycles. The van der Waals surface area contributed by atoms with E-state index < -0.39 is 0 Å². The van der Waals surface area contributed by atoms with Gasteiger partial charge in [0.15, 0.2) is 28.6 Å². The Morgan fingerprint density at radius 2 is 1.32 bits per heavy atom. The van der Waals surface area contributed by atoms with Gasteiger partial charge in [-0.25, -0.2) is 9.97 Å². The summed E-state index contributed by atoms with van der Waals surface area (Å²) in [7, 11) is 3.16. The summed E-state index contributed by atoms with van der Waals surface area (Å²) in [4.78, 5) is 7.45. The standard InChI is InChI=1S/C7H5BrN2O2.C6H2Br2N2O.CH4O.CH3O.Na/c1-12-5-2-6(8)10-4(3-9)7(5)11;7-3-1-5(8)10-4(2-9)6(3)11;2*1-2;/h2,11H,1H3;1,11H;2H,1H3;1H3;/q;;;-1;+1. The number of ether oxygens (including phenoxy) is 1. The van der Waals surface area contributed by atoms with Gasteiger partial charge < -0.3 is 25.2 Å². The monoisotopic (exact) mass is 590 g/mol. The number of nitrogens with zero attached hydrogens (tertiary/aromatic N) is 4. The largest absolute Gasteiger partial charge is 1.00 e. The molecule has 0 amide bonds. The van der Waals surface area contributed by atoms with Crippen molar-refractivity contribution in [2.75, 3.05) is 21.3 Å². The van der Waals surface area contributed by atoms with Gasteiger partial charge in [0, 0.05) is 13.2 Å². The van der Waals surface area contributed by atoms with Crippen LogP contribution in [0, 0.1) is 22.7 Å². The van der Waals surface area contributed by atoms with E-state index in [9.17, 15) is 5.11 Å². The first-order valence-electron chi connectivity index (χ1n) is 6.48. The molecule has 0 radical (unpaired) electrons. The van der Waals surface area contributed by atoms with Crippen molar-refractivity contribution >= 4 is 47.8 Å². The Balaban J connectivity index is -0.000000368. The first kappa shape index (κ1) is 31.7. The van der Waals surface area contributed by atoms with Crippen LogP contribution in [0.4, 0.5) is 0 Å². The van der Waals surface area contributed by atoms with E-state index in [-0.39, 0.29) is 58.2 Å². The molecule has 0 fully saturated rings. The van der Waals surface area contributed by atoms with Crippen LogP contribution in [0.3, 0.4) is 0 Å². The van der Waals surface area contributed by atoms with Crippen LogP contribution >= 0.6 is 47.8 Å². The fraction of sp³-hybridized carbons (Fsp3) is 0.200. The number of aliphatic hydroxyl groups excluding tert-OH is 1. The van der Waals surface area contributed by atoms with Crippen molar-refractivity contribution in [1.29, 1.82) is 10.5 Å². The maximum atomic E-state index is 9.28. The Morgan fingerprint density at radius 1 is 0.929 bits per heavy atom. The fourth-order valence-corrected chi connectivity index (χ4v) is 2.78. The summed E-state index contributed by atoms with van der Waals surface area (Å²) in [5.41, 5.74) is -0.0486. The molecule has 9 nitrogen and oxygen atoms in total. The zero-order chi connectivity index (χ0) is 21.6. The van der Waals surface area contributed by atoms with Gasteiger partial charge >= 0.3 is 29.6 Å². The van der Waals surface area contributed by atoms with Crippen LogP contribution in [0.2, 0.25) is 0 Å². The second kappa shape index (κ2) is 18.1. The molecule has 13 heteroatoms. The van der Waals surface area contributed by atoms with Crippen molar-refractivity contribution < 1.29 is 54.7 Å². The van der Waals surface area contributed by atoms with E-state index in [0.29, 0.717) is 13.7 Å². The number of nitriles is 2. The average Bonchev–Trinajstić information content (AvgIpc) is 2.69. The molecule has 0 spiro atoms. The smallest absolute Gasteiger partial charge is 0.857 e. The van der Waals surface area contributed by atoms with Crippen molar-refractivity contribution in [2.45, 2.75) is 0 Å². The zero-order valence-electron chi connectivity index (χ0n) is 15.2. The summed E-state index contributed by atoms with van der Waals surface area (Å²) in [6.45, 7) is 0. The molecule has 28 heavy (non-hydrogen) atoms.